The van der Waals surface area contributed by atoms with Crippen molar-refractivity contribution >= 4 is 0 Å². The van der Waals surface area contributed by atoms with E-state index >= 15 is 0 Å². The summed E-state index contributed by atoms with van der Waals surface area (Å²) in [5.74, 6) is -0.247. The van der Waals surface area contributed by atoms with Crippen molar-refractivity contribution in [2.45, 2.75) is 12.5 Å². The SMILES string of the molecule is N#Cc1ccc(OC2CCNC2)c(F)c1. The molecule has 3 nitrogen and oxygen atoms in total. The molecular weight excluding hydrogens is 195 g/mol. The Bertz CT molecular complexity index is 394. The first-order valence-electron chi connectivity index (χ1n) is 4.86. The molecule has 0 radical (unpaired) electrons. The molecular formula is C11H11FN2O. The lowest BCUT2D eigenvalue weighted by Gasteiger charge is -2.12. The summed E-state index contributed by atoms with van der Waals surface area (Å²) >= 11 is 0. The molecule has 1 aliphatic heterocycles. The zero-order valence-electron chi connectivity index (χ0n) is 8.16. The van der Waals surface area contributed by atoms with Gasteiger partial charge in [-0.05, 0) is 31.2 Å². The van der Waals surface area contributed by atoms with Gasteiger partial charge >= 0.3 is 0 Å². The van der Waals surface area contributed by atoms with Crippen molar-refractivity contribution < 1.29 is 9.13 Å². The Balaban J connectivity index is 2.11. The summed E-state index contributed by atoms with van der Waals surface area (Å²) in [6.07, 6.45) is 0.923. The zero-order chi connectivity index (χ0) is 10.7. The van der Waals surface area contributed by atoms with Crippen LogP contribution >= 0.6 is 0 Å². The lowest BCUT2D eigenvalue weighted by atomic mass is 10.2. The van der Waals surface area contributed by atoms with Crippen LogP contribution in [0.3, 0.4) is 0 Å². The normalized spacial score (nSPS) is 19.9. The van der Waals surface area contributed by atoms with Crippen molar-refractivity contribution in [2.75, 3.05) is 13.1 Å². The Morgan fingerprint density at radius 2 is 2.40 bits per heavy atom. The Labute approximate surface area is 87.5 Å². The molecule has 4 heteroatoms. The van der Waals surface area contributed by atoms with Gasteiger partial charge in [-0.2, -0.15) is 5.26 Å². The van der Waals surface area contributed by atoms with E-state index in [0.717, 1.165) is 19.5 Å². The van der Waals surface area contributed by atoms with E-state index in [1.165, 1.54) is 12.1 Å². The van der Waals surface area contributed by atoms with Crippen molar-refractivity contribution in [1.82, 2.24) is 5.32 Å². The number of ether oxygens (including phenoxy) is 1. The zero-order valence-corrected chi connectivity index (χ0v) is 8.16. The molecule has 78 valence electrons. The fraction of sp³-hybridized carbons (Fsp3) is 0.364. The lowest BCUT2D eigenvalue weighted by molar-refractivity contribution is 0.213. The second-order valence-corrected chi connectivity index (χ2v) is 3.49. The summed E-state index contributed by atoms with van der Waals surface area (Å²) in [6, 6.07) is 6.14. The van der Waals surface area contributed by atoms with Crippen LogP contribution in [0.25, 0.3) is 0 Å². The Hall–Kier alpha value is -1.60. The molecule has 15 heavy (non-hydrogen) atoms. The smallest absolute Gasteiger partial charge is 0.166 e. The highest BCUT2D eigenvalue weighted by molar-refractivity contribution is 5.36. The van der Waals surface area contributed by atoms with Crippen LogP contribution in [0, 0.1) is 17.1 Å². The minimum absolute atomic E-state index is 0.0347. The molecule has 2 rings (SSSR count). The average molecular weight is 206 g/mol. The number of rotatable bonds is 2. The van der Waals surface area contributed by atoms with E-state index in [1.807, 2.05) is 6.07 Å². The number of nitrogens with one attached hydrogen (secondary N) is 1. The number of nitrogens with zero attached hydrogens (tertiary/aromatic N) is 1. The standard InChI is InChI=1S/C11H11FN2O/c12-10-5-8(6-13)1-2-11(10)15-9-3-4-14-7-9/h1-2,5,9,14H,3-4,7H2. The number of nitriles is 1. The molecule has 1 N–H and O–H groups in total. The molecule has 1 saturated heterocycles. The minimum atomic E-state index is -0.471. The molecule has 0 saturated carbocycles. The van der Waals surface area contributed by atoms with Crippen molar-refractivity contribution in [3.63, 3.8) is 0 Å². The molecule has 0 amide bonds. The number of halogens is 1. The molecule has 1 heterocycles. The van der Waals surface area contributed by atoms with Crippen molar-refractivity contribution in [2.24, 2.45) is 0 Å². The molecule has 1 atom stereocenters. The lowest BCUT2D eigenvalue weighted by Crippen LogP contribution is -2.20. The van der Waals surface area contributed by atoms with Crippen LogP contribution < -0.4 is 10.1 Å². The predicted molar refractivity (Wildman–Crippen MR) is 53.0 cm³/mol. The first kappa shape index (κ1) is 9.94. The Morgan fingerprint density at radius 3 is 3.00 bits per heavy atom. The summed E-state index contributed by atoms with van der Waals surface area (Å²) in [5.41, 5.74) is 0.310. The van der Waals surface area contributed by atoms with E-state index in [1.54, 1.807) is 6.07 Å². The van der Waals surface area contributed by atoms with Crippen LogP contribution in [-0.2, 0) is 0 Å². The van der Waals surface area contributed by atoms with Gasteiger partial charge in [0.1, 0.15) is 6.10 Å². The van der Waals surface area contributed by atoms with Gasteiger partial charge < -0.3 is 10.1 Å². The quantitative estimate of drug-likeness (QED) is 0.796. The van der Waals surface area contributed by atoms with Gasteiger partial charge in [0.25, 0.3) is 0 Å². The molecule has 1 fully saturated rings. The second kappa shape index (κ2) is 4.28. The van der Waals surface area contributed by atoms with E-state index in [-0.39, 0.29) is 11.9 Å². The average Bonchev–Trinajstić information content (AvgIpc) is 2.74. The van der Waals surface area contributed by atoms with Crippen LogP contribution in [0.5, 0.6) is 5.75 Å². The van der Waals surface area contributed by atoms with Gasteiger partial charge in [-0.15, -0.1) is 0 Å². The van der Waals surface area contributed by atoms with Crippen LogP contribution in [0.1, 0.15) is 12.0 Å². The fourth-order valence-corrected chi connectivity index (χ4v) is 1.57. The maximum atomic E-state index is 13.4. The van der Waals surface area contributed by atoms with E-state index in [0.29, 0.717) is 5.56 Å². The number of hydrogen-bond acceptors (Lipinski definition) is 3. The monoisotopic (exact) mass is 206 g/mol. The molecule has 1 aromatic rings. The van der Waals surface area contributed by atoms with Crippen molar-refractivity contribution in [1.29, 1.82) is 5.26 Å². The van der Waals surface area contributed by atoms with Crippen LogP contribution in [0.2, 0.25) is 0 Å². The van der Waals surface area contributed by atoms with E-state index < -0.39 is 5.82 Å². The summed E-state index contributed by atoms with van der Waals surface area (Å²) in [5, 5.41) is 11.7. The molecule has 0 aliphatic carbocycles. The molecule has 0 spiro atoms. The van der Waals surface area contributed by atoms with Crippen LogP contribution in [0.15, 0.2) is 18.2 Å². The van der Waals surface area contributed by atoms with E-state index in [4.69, 9.17) is 10.00 Å². The Kier molecular flexibility index (Phi) is 2.84. The first-order chi connectivity index (χ1) is 7.29. The highest BCUT2D eigenvalue weighted by atomic mass is 19.1. The molecule has 1 unspecified atom stereocenters. The van der Waals surface area contributed by atoms with Gasteiger partial charge in [0.15, 0.2) is 11.6 Å². The number of benzene rings is 1. The van der Waals surface area contributed by atoms with Gasteiger partial charge in [-0.25, -0.2) is 4.39 Å². The minimum Gasteiger partial charge on any atom is -0.486 e. The van der Waals surface area contributed by atoms with Gasteiger partial charge in [0.2, 0.25) is 0 Å². The molecule has 0 aromatic heterocycles. The highest BCUT2D eigenvalue weighted by Crippen LogP contribution is 2.20. The third-order valence-electron chi connectivity index (χ3n) is 2.37. The maximum Gasteiger partial charge on any atom is 0.166 e. The van der Waals surface area contributed by atoms with Crippen LogP contribution in [-0.4, -0.2) is 19.2 Å². The summed E-state index contributed by atoms with van der Waals surface area (Å²) in [4.78, 5) is 0. The first-order valence-corrected chi connectivity index (χ1v) is 4.86. The summed E-state index contributed by atoms with van der Waals surface area (Å²) in [6.45, 7) is 1.65. The fourth-order valence-electron chi connectivity index (χ4n) is 1.57. The summed E-state index contributed by atoms with van der Waals surface area (Å²) < 4.78 is 18.9. The third kappa shape index (κ3) is 2.25. The summed E-state index contributed by atoms with van der Waals surface area (Å²) in [7, 11) is 0. The van der Waals surface area contributed by atoms with Gasteiger partial charge in [-0.1, -0.05) is 0 Å². The van der Waals surface area contributed by atoms with Gasteiger partial charge in [0.05, 0.1) is 11.6 Å². The second-order valence-electron chi connectivity index (χ2n) is 3.49. The topological polar surface area (TPSA) is 45.0 Å². The predicted octanol–water partition coefficient (Wildman–Crippen LogP) is 1.44. The maximum absolute atomic E-state index is 13.4. The molecule has 0 bridgehead atoms. The largest absolute Gasteiger partial charge is 0.486 e. The van der Waals surface area contributed by atoms with E-state index in [9.17, 15) is 4.39 Å². The third-order valence-corrected chi connectivity index (χ3v) is 2.37. The molecule has 1 aliphatic rings. The van der Waals surface area contributed by atoms with Crippen LogP contribution in [0.4, 0.5) is 4.39 Å². The van der Waals surface area contributed by atoms with Gasteiger partial charge in [-0.3, -0.25) is 0 Å². The Morgan fingerprint density at radius 1 is 1.53 bits per heavy atom. The molecule has 1 aromatic carbocycles. The van der Waals surface area contributed by atoms with Gasteiger partial charge in [0, 0.05) is 6.54 Å². The highest BCUT2D eigenvalue weighted by Gasteiger charge is 2.17. The van der Waals surface area contributed by atoms with E-state index in [2.05, 4.69) is 5.32 Å². The number of hydrogen-bond donors (Lipinski definition) is 1. The van der Waals surface area contributed by atoms with Crippen molar-refractivity contribution in [3.05, 3.63) is 29.6 Å². The van der Waals surface area contributed by atoms with Crippen molar-refractivity contribution in [3.8, 4) is 11.8 Å².